The molecule has 0 amide bonds. The molecule has 14 heavy (non-hydrogen) atoms. The van der Waals surface area contributed by atoms with Gasteiger partial charge in [0.2, 0.25) is 0 Å². The summed E-state index contributed by atoms with van der Waals surface area (Å²) in [5.74, 6) is 1.44. The molecule has 4 heteroatoms. The molecule has 1 fully saturated rings. The molecule has 4 nitrogen and oxygen atoms in total. The third-order valence-electron chi connectivity index (χ3n) is 2.91. The number of ether oxygens (including phenoxy) is 1. The van der Waals surface area contributed by atoms with Gasteiger partial charge in [0, 0.05) is 5.54 Å². The highest BCUT2D eigenvalue weighted by Gasteiger charge is 2.37. The molecule has 0 aliphatic heterocycles. The van der Waals surface area contributed by atoms with Crippen molar-refractivity contribution in [1.82, 2.24) is 5.16 Å². The second-order valence-electron chi connectivity index (χ2n) is 4.09. The molecular formula is C10H16N2O2. The lowest BCUT2D eigenvalue weighted by molar-refractivity contribution is 0.331. The Bertz CT molecular complexity index is 329. The van der Waals surface area contributed by atoms with Crippen LogP contribution in [0.3, 0.4) is 0 Å². The minimum absolute atomic E-state index is 0.0781. The number of aromatic nitrogens is 1. The second kappa shape index (κ2) is 3.28. The summed E-state index contributed by atoms with van der Waals surface area (Å²) in [6, 6.07) is 0. The first-order chi connectivity index (χ1) is 6.64. The average molecular weight is 196 g/mol. The number of hydrogen-bond acceptors (Lipinski definition) is 4. The molecule has 1 heterocycles. The van der Waals surface area contributed by atoms with Crippen molar-refractivity contribution in [1.29, 1.82) is 0 Å². The number of methoxy groups -OCH3 is 1. The van der Waals surface area contributed by atoms with Crippen molar-refractivity contribution in [3.05, 3.63) is 11.3 Å². The highest BCUT2D eigenvalue weighted by Crippen LogP contribution is 2.37. The molecule has 0 bridgehead atoms. The first-order valence-corrected chi connectivity index (χ1v) is 4.93. The zero-order valence-corrected chi connectivity index (χ0v) is 8.67. The summed E-state index contributed by atoms with van der Waals surface area (Å²) in [4.78, 5) is 0. The summed E-state index contributed by atoms with van der Waals surface area (Å²) in [5, 5.41) is 3.82. The number of nitrogens with two attached hydrogens (primary N) is 1. The normalized spacial score (nSPS) is 18.2. The molecule has 0 atom stereocenters. The maximum absolute atomic E-state index is 6.01. The van der Waals surface area contributed by atoms with Gasteiger partial charge < -0.3 is 15.0 Å². The molecule has 0 saturated heterocycles. The lowest BCUT2D eigenvalue weighted by Crippen LogP contribution is -2.22. The SMILES string of the molecule is COc1noc(C)c1CCC1(N)CC1. The molecule has 1 saturated carbocycles. The predicted octanol–water partition coefficient (Wildman–Crippen LogP) is 1.42. The first kappa shape index (κ1) is 9.52. The van der Waals surface area contributed by atoms with Crippen molar-refractivity contribution in [2.45, 2.75) is 38.1 Å². The highest BCUT2D eigenvalue weighted by molar-refractivity contribution is 5.28. The minimum Gasteiger partial charge on any atom is -0.479 e. The van der Waals surface area contributed by atoms with Gasteiger partial charge in [0.1, 0.15) is 5.76 Å². The maximum Gasteiger partial charge on any atom is 0.257 e. The summed E-state index contributed by atoms with van der Waals surface area (Å²) in [7, 11) is 1.61. The molecule has 0 radical (unpaired) electrons. The Morgan fingerprint density at radius 2 is 2.29 bits per heavy atom. The Hall–Kier alpha value is -1.03. The lowest BCUT2D eigenvalue weighted by Gasteiger charge is -2.07. The molecule has 1 aromatic rings. The standard InChI is InChI=1S/C10H16N2O2/c1-7-8(9(13-2)12-14-7)3-4-10(11)5-6-10/h3-6,11H2,1-2H3. The van der Waals surface area contributed by atoms with E-state index in [-0.39, 0.29) is 5.54 Å². The Morgan fingerprint density at radius 3 is 2.86 bits per heavy atom. The summed E-state index contributed by atoms with van der Waals surface area (Å²) >= 11 is 0. The van der Waals surface area contributed by atoms with Crippen molar-refractivity contribution in [2.75, 3.05) is 7.11 Å². The van der Waals surface area contributed by atoms with Gasteiger partial charge in [-0.05, 0) is 37.8 Å². The van der Waals surface area contributed by atoms with Gasteiger partial charge in [-0.2, -0.15) is 0 Å². The van der Waals surface area contributed by atoms with Gasteiger partial charge in [-0.3, -0.25) is 0 Å². The molecular weight excluding hydrogens is 180 g/mol. The zero-order valence-electron chi connectivity index (χ0n) is 8.67. The third-order valence-corrected chi connectivity index (χ3v) is 2.91. The van der Waals surface area contributed by atoms with E-state index in [1.807, 2.05) is 6.92 Å². The van der Waals surface area contributed by atoms with Crippen LogP contribution in [0.15, 0.2) is 4.52 Å². The van der Waals surface area contributed by atoms with Crippen LogP contribution in [0.25, 0.3) is 0 Å². The topological polar surface area (TPSA) is 61.3 Å². The lowest BCUT2D eigenvalue weighted by atomic mass is 10.1. The Labute approximate surface area is 83.4 Å². The molecule has 0 unspecified atom stereocenters. The van der Waals surface area contributed by atoms with Crippen LogP contribution in [0.5, 0.6) is 5.88 Å². The largest absolute Gasteiger partial charge is 0.479 e. The monoisotopic (exact) mass is 196 g/mol. The van der Waals surface area contributed by atoms with Crippen LogP contribution < -0.4 is 10.5 Å². The molecule has 78 valence electrons. The second-order valence-corrected chi connectivity index (χ2v) is 4.09. The first-order valence-electron chi connectivity index (χ1n) is 4.93. The number of nitrogens with zero attached hydrogens (tertiary/aromatic N) is 1. The molecule has 0 aromatic carbocycles. The highest BCUT2D eigenvalue weighted by atomic mass is 16.5. The molecule has 2 N–H and O–H groups in total. The summed E-state index contributed by atoms with van der Waals surface area (Å²) < 4.78 is 10.2. The fourth-order valence-electron chi connectivity index (χ4n) is 1.60. The summed E-state index contributed by atoms with van der Waals surface area (Å²) in [5.41, 5.74) is 7.15. The molecule has 2 rings (SSSR count). The Morgan fingerprint density at radius 1 is 1.57 bits per heavy atom. The minimum atomic E-state index is 0.0781. The van der Waals surface area contributed by atoms with Crippen LogP contribution in [0.1, 0.15) is 30.6 Å². The van der Waals surface area contributed by atoms with Crippen LogP contribution >= 0.6 is 0 Å². The average Bonchev–Trinajstić information content (AvgIpc) is 2.78. The van der Waals surface area contributed by atoms with Crippen LogP contribution in [-0.2, 0) is 6.42 Å². The maximum atomic E-state index is 6.01. The van der Waals surface area contributed by atoms with E-state index in [1.54, 1.807) is 7.11 Å². The molecule has 1 aliphatic rings. The van der Waals surface area contributed by atoms with E-state index in [0.29, 0.717) is 5.88 Å². The van der Waals surface area contributed by atoms with Crippen molar-refractivity contribution in [3.63, 3.8) is 0 Å². The van der Waals surface area contributed by atoms with Crippen molar-refractivity contribution < 1.29 is 9.26 Å². The summed E-state index contributed by atoms with van der Waals surface area (Å²) in [6.07, 6.45) is 4.17. The van der Waals surface area contributed by atoms with Crippen molar-refractivity contribution in [2.24, 2.45) is 5.73 Å². The van der Waals surface area contributed by atoms with Gasteiger partial charge in [-0.15, -0.1) is 0 Å². The number of aryl methyl sites for hydroxylation is 1. The molecule has 1 aliphatic carbocycles. The third kappa shape index (κ3) is 1.75. The van der Waals surface area contributed by atoms with Gasteiger partial charge in [0.15, 0.2) is 0 Å². The Kier molecular flexibility index (Phi) is 2.23. The van der Waals surface area contributed by atoms with Crippen LogP contribution in [-0.4, -0.2) is 17.8 Å². The van der Waals surface area contributed by atoms with Gasteiger partial charge in [-0.1, -0.05) is 0 Å². The fraction of sp³-hybridized carbons (Fsp3) is 0.700. The van der Waals surface area contributed by atoms with Crippen LogP contribution in [0, 0.1) is 6.92 Å². The number of rotatable bonds is 4. The van der Waals surface area contributed by atoms with E-state index in [9.17, 15) is 0 Å². The van der Waals surface area contributed by atoms with Crippen LogP contribution in [0.4, 0.5) is 0 Å². The smallest absolute Gasteiger partial charge is 0.257 e. The number of hydrogen-bond donors (Lipinski definition) is 1. The Balaban J connectivity index is 2.03. The van der Waals surface area contributed by atoms with Crippen molar-refractivity contribution >= 4 is 0 Å². The van der Waals surface area contributed by atoms with E-state index >= 15 is 0 Å². The van der Waals surface area contributed by atoms with Crippen LogP contribution in [0.2, 0.25) is 0 Å². The van der Waals surface area contributed by atoms with Gasteiger partial charge in [0.05, 0.1) is 12.7 Å². The van der Waals surface area contributed by atoms with Gasteiger partial charge >= 0.3 is 0 Å². The fourth-order valence-corrected chi connectivity index (χ4v) is 1.60. The quantitative estimate of drug-likeness (QED) is 0.791. The van der Waals surface area contributed by atoms with Gasteiger partial charge in [-0.25, -0.2) is 0 Å². The molecule has 1 aromatic heterocycles. The predicted molar refractivity (Wildman–Crippen MR) is 52.3 cm³/mol. The zero-order chi connectivity index (χ0) is 10.2. The van der Waals surface area contributed by atoms with E-state index in [2.05, 4.69) is 5.16 Å². The van der Waals surface area contributed by atoms with E-state index in [0.717, 1.165) is 37.0 Å². The van der Waals surface area contributed by atoms with Gasteiger partial charge in [0.25, 0.3) is 5.88 Å². The molecule has 0 spiro atoms. The van der Waals surface area contributed by atoms with Crippen molar-refractivity contribution in [3.8, 4) is 5.88 Å². The van der Waals surface area contributed by atoms with E-state index in [1.165, 1.54) is 0 Å². The van der Waals surface area contributed by atoms with E-state index in [4.69, 9.17) is 15.0 Å². The van der Waals surface area contributed by atoms with E-state index < -0.39 is 0 Å². The summed E-state index contributed by atoms with van der Waals surface area (Å²) in [6.45, 7) is 1.90.